The molecule has 0 saturated carbocycles. The molecule has 0 spiro atoms. The van der Waals surface area contributed by atoms with Gasteiger partial charge < -0.3 is 65.1 Å². The Kier molecular flexibility index (Phi) is 33.3. The van der Waals surface area contributed by atoms with Crippen LogP contribution >= 0.6 is 0 Å². The van der Waals surface area contributed by atoms with Gasteiger partial charge in [-0.3, -0.25) is 4.79 Å². The first-order chi connectivity index (χ1) is 30.1. The lowest BCUT2D eigenvalue weighted by Gasteiger charge is -2.46. The van der Waals surface area contributed by atoms with Crippen LogP contribution in [0.2, 0.25) is 0 Å². The first-order valence-corrected chi connectivity index (χ1v) is 25.3. The average molecular weight is 892 g/mol. The second kappa shape index (κ2) is 36.2. The Morgan fingerprint density at radius 2 is 0.919 bits per heavy atom. The van der Waals surface area contributed by atoms with Crippen LogP contribution in [0, 0.1) is 0 Å². The number of carbonyl (C=O) groups is 1. The maximum atomic E-state index is 13.2. The van der Waals surface area contributed by atoms with Gasteiger partial charge in [0.2, 0.25) is 5.91 Å². The molecule has 9 N–H and O–H groups in total. The molecule has 2 aliphatic heterocycles. The molecule has 2 aliphatic rings. The van der Waals surface area contributed by atoms with Gasteiger partial charge >= 0.3 is 0 Å². The largest absolute Gasteiger partial charge is 0.394 e. The Morgan fingerprint density at radius 3 is 1.37 bits per heavy atom. The molecule has 2 fully saturated rings. The molecule has 368 valence electrons. The molecular formula is C48H93NO13. The Bertz CT molecular complexity index is 1060. The van der Waals surface area contributed by atoms with Crippen molar-refractivity contribution in [3.05, 3.63) is 0 Å². The number of unbranched alkanes of at least 4 members (excludes halogenated alkanes) is 26. The van der Waals surface area contributed by atoms with Crippen molar-refractivity contribution in [2.24, 2.45) is 0 Å². The molecule has 0 aliphatic carbocycles. The Balaban J connectivity index is 1.83. The van der Waals surface area contributed by atoms with Crippen LogP contribution in [0.1, 0.15) is 206 Å². The molecule has 62 heavy (non-hydrogen) atoms. The van der Waals surface area contributed by atoms with E-state index in [0.717, 1.165) is 51.4 Å². The molecule has 2 saturated heterocycles. The zero-order valence-electron chi connectivity index (χ0n) is 38.9. The summed E-state index contributed by atoms with van der Waals surface area (Å²) in [7, 11) is 0. The van der Waals surface area contributed by atoms with Crippen LogP contribution in [0.5, 0.6) is 0 Å². The fourth-order valence-corrected chi connectivity index (χ4v) is 8.65. The van der Waals surface area contributed by atoms with Crippen LogP contribution in [0.25, 0.3) is 0 Å². The Labute approximate surface area is 374 Å². The van der Waals surface area contributed by atoms with Crippen LogP contribution in [-0.4, -0.2) is 140 Å². The lowest BCUT2D eigenvalue weighted by Crippen LogP contribution is -2.65. The van der Waals surface area contributed by atoms with E-state index < -0.39 is 86.8 Å². The number of hydrogen-bond donors (Lipinski definition) is 9. The molecular weight excluding hydrogens is 799 g/mol. The van der Waals surface area contributed by atoms with Crippen LogP contribution < -0.4 is 5.32 Å². The summed E-state index contributed by atoms with van der Waals surface area (Å²) in [6.07, 6.45) is 18.2. The molecule has 0 bridgehead atoms. The second-order valence-electron chi connectivity index (χ2n) is 18.3. The fraction of sp³-hybridized carbons (Fsp3) is 0.979. The molecule has 12 atom stereocenters. The highest BCUT2D eigenvalue weighted by molar-refractivity contribution is 5.76. The van der Waals surface area contributed by atoms with E-state index in [-0.39, 0.29) is 12.5 Å². The van der Waals surface area contributed by atoms with Gasteiger partial charge in [-0.1, -0.05) is 187 Å². The van der Waals surface area contributed by atoms with Crippen molar-refractivity contribution >= 4 is 5.91 Å². The van der Waals surface area contributed by atoms with Gasteiger partial charge in [-0.2, -0.15) is 0 Å². The number of ether oxygens (including phenoxy) is 4. The molecule has 0 radical (unpaired) electrons. The molecule has 0 aromatic rings. The monoisotopic (exact) mass is 892 g/mol. The van der Waals surface area contributed by atoms with Crippen molar-refractivity contribution in [3.8, 4) is 0 Å². The Morgan fingerprint density at radius 1 is 0.516 bits per heavy atom. The molecule has 2 rings (SSSR count). The van der Waals surface area contributed by atoms with Crippen molar-refractivity contribution in [1.29, 1.82) is 0 Å². The molecule has 2 heterocycles. The van der Waals surface area contributed by atoms with Crippen molar-refractivity contribution in [2.45, 2.75) is 280 Å². The third kappa shape index (κ3) is 23.4. The van der Waals surface area contributed by atoms with Crippen LogP contribution in [-0.2, 0) is 23.7 Å². The molecule has 14 heteroatoms. The number of rotatable bonds is 39. The van der Waals surface area contributed by atoms with Crippen molar-refractivity contribution < 1.29 is 64.6 Å². The number of aliphatic hydroxyl groups excluding tert-OH is 8. The topological polar surface area (TPSA) is 228 Å². The molecule has 14 nitrogen and oxygen atoms in total. The van der Waals surface area contributed by atoms with E-state index in [0.29, 0.717) is 12.8 Å². The highest BCUT2D eigenvalue weighted by Gasteiger charge is 2.51. The predicted octanol–water partition coefficient (Wildman–Crippen LogP) is 6.22. The third-order valence-corrected chi connectivity index (χ3v) is 12.8. The quantitative estimate of drug-likeness (QED) is 0.0313. The minimum Gasteiger partial charge on any atom is -0.394 e. The van der Waals surface area contributed by atoms with Gasteiger partial charge in [0.05, 0.1) is 32.0 Å². The summed E-state index contributed by atoms with van der Waals surface area (Å²) < 4.78 is 22.7. The lowest BCUT2D eigenvalue weighted by molar-refractivity contribution is -0.359. The minimum absolute atomic E-state index is 0.205. The maximum absolute atomic E-state index is 13.2. The van der Waals surface area contributed by atoms with Gasteiger partial charge in [0.25, 0.3) is 0 Å². The summed E-state index contributed by atoms with van der Waals surface area (Å²) >= 11 is 0. The summed E-state index contributed by atoms with van der Waals surface area (Å²) in [5, 5.41) is 86.8. The summed E-state index contributed by atoms with van der Waals surface area (Å²) in [5.74, 6) is -0.205. The van der Waals surface area contributed by atoms with Gasteiger partial charge in [0.1, 0.15) is 48.8 Å². The van der Waals surface area contributed by atoms with E-state index in [1.807, 2.05) is 0 Å². The summed E-state index contributed by atoms with van der Waals surface area (Å²) in [5.41, 5.74) is 0. The summed E-state index contributed by atoms with van der Waals surface area (Å²) in [6, 6.07) is -0.820. The number of carbonyl (C=O) groups excluding carboxylic acids is 1. The SMILES string of the molecule is CCCCCCCCCCCCCCCCCCC(=O)N[C@@H](CO[C@@H]1O[C@H](CO)[C@@H](O[C@@H]2O[C@H](CO)[C@H](O)C(O)C2O)C(O)C1O)[C@H](O)CCCCCCCCCCCCCC. The van der Waals surface area contributed by atoms with Gasteiger partial charge in [0, 0.05) is 6.42 Å². The van der Waals surface area contributed by atoms with E-state index in [1.54, 1.807) is 0 Å². The number of amides is 1. The zero-order valence-corrected chi connectivity index (χ0v) is 38.9. The Hall–Kier alpha value is -1.01. The van der Waals surface area contributed by atoms with Crippen LogP contribution in [0.4, 0.5) is 0 Å². The predicted molar refractivity (Wildman–Crippen MR) is 240 cm³/mol. The minimum atomic E-state index is -1.78. The van der Waals surface area contributed by atoms with Crippen LogP contribution in [0.3, 0.4) is 0 Å². The second-order valence-corrected chi connectivity index (χ2v) is 18.3. The van der Waals surface area contributed by atoms with Gasteiger partial charge in [-0.15, -0.1) is 0 Å². The lowest BCUT2D eigenvalue weighted by atomic mass is 9.97. The smallest absolute Gasteiger partial charge is 0.220 e. The van der Waals surface area contributed by atoms with E-state index in [2.05, 4.69) is 19.2 Å². The number of hydrogen-bond acceptors (Lipinski definition) is 13. The third-order valence-electron chi connectivity index (χ3n) is 12.8. The van der Waals surface area contributed by atoms with E-state index in [1.165, 1.54) is 128 Å². The number of aliphatic hydroxyl groups is 8. The highest BCUT2D eigenvalue weighted by Crippen LogP contribution is 2.30. The summed E-state index contributed by atoms with van der Waals surface area (Å²) in [4.78, 5) is 13.2. The zero-order chi connectivity index (χ0) is 45.4. The normalized spacial score (nSPS) is 27.6. The molecule has 0 aromatic heterocycles. The first kappa shape index (κ1) is 57.1. The molecule has 4 unspecified atom stereocenters. The van der Waals surface area contributed by atoms with E-state index >= 15 is 0 Å². The molecule has 1 amide bonds. The van der Waals surface area contributed by atoms with Gasteiger partial charge in [-0.25, -0.2) is 0 Å². The average Bonchev–Trinajstić information content (AvgIpc) is 3.27. The van der Waals surface area contributed by atoms with Crippen LogP contribution in [0.15, 0.2) is 0 Å². The van der Waals surface area contributed by atoms with Crippen molar-refractivity contribution in [1.82, 2.24) is 5.32 Å². The maximum Gasteiger partial charge on any atom is 0.220 e. The van der Waals surface area contributed by atoms with Crippen molar-refractivity contribution in [3.63, 3.8) is 0 Å². The first-order valence-electron chi connectivity index (χ1n) is 25.3. The van der Waals surface area contributed by atoms with Crippen molar-refractivity contribution in [2.75, 3.05) is 19.8 Å². The summed E-state index contributed by atoms with van der Waals surface area (Å²) in [6.45, 7) is 2.85. The van der Waals surface area contributed by atoms with Gasteiger partial charge in [-0.05, 0) is 12.8 Å². The number of nitrogens with one attached hydrogen (secondary N) is 1. The molecule has 0 aromatic carbocycles. The van der Waals surface area contributed by atoms with E-state index in [9.17, 15) is 45.6 Å². The highest BCUT2D eigenvalue weighted by atomic mass is 16.7. The van der Waals surface area contributed by atoms with Gasteiger partial charge in [0.15, 0.2) is 12.6 Å². The van der Waals surface area contributed by atoms with E-state index in [4.69, 9.17) is 18.9 Å². The fourth-order valence-electron chi connectivity index (χ4n) is 8.65. The standard InChI is InChI=1S/C48H93NO13/c1-3-5-7-9-11-13-15-17-18-19-20-22-24-26-28-30-32-40(53)49-36(37(52)31-29-27-25-23-21-16-14-12-10-8-6-4-2)35-59-47-45(58)43(56)46(39(34-51)61-47)62-48-44(57)42(55)41(54)38(33-50)60-48/h36-39,41-48,50-52,54-58H,3-35H2,1-2H3,(H,49,53)/t36-,37+,38+,39+,41-,42?,43?,44?,45?,46+,47+,48-/m0/s1.